The largest absolute Gasteiger partial charge is 0.461 e. The van der Waals surface area contributed by atoms with E-state index in [1.54, 1.807) is 6.92 Å². The van der Waals surface area contributed by atoms with E-state index in [1.165, 1.54) is 41.4 Å². The monoisotopic (exact) mass is 356 g/mol. The standard InChI is InChI=1S/C15H17FN2O5S/c1-3-22-15(19)13-8-17-10-18(13)14(9-23-24(2,20)21)11-4-6-12(16)7-5-11/h4-8,10,14H,3,9H2,1-2H3. The van der Waals surface area contributed by atoms with Gasteiger partial charge in [-0.3, -0.25) is 4.18 Å². The molecule has 0 saturated carbocycles. The number of aromatic nitrogens is 2. The van der Waals surface area contributed by atoms with E-state index in [2.05, 4.69) is 4.98 Å². The van der Waals surface area contributed by atoms with Gasteiger partial charge in [0.1, 0.15) is 11.5 Å². The van der Waals surface area contributed by atoms with Gasteiger partial charge in [0.25, 0.3) is 10.1 Å². The lowest BCUT2D eigenvalue weighted by Gasteiger charge is -2.20. The molecule has 0 radical (unpaired) electrons. The van der Waals surface area contributed by atoms with Crippen LogP contribution >= 0.6 is 0 Å². The zero-order chi connectivity index (χ0) is 17.7. The molecular weight excluding hydrogens is 339 g/mol. The molecule has 0 spiro atoms. The van der Waals surface area contributed by atoms with Crippen LogP contribution in [0.15, 0.2) is 36.8 Å². The van der Waals surface area contributed by atoms with Crippen molar-refractivity contribution in [2.24, 2.45) is 0 Å². The fourth-order valence-electron chi connectivity index (χ4n) is 2.13. The zero-order valence-corrected chi connectivity index (χ0v) is 14.0. The summed E-state index contributed by atoms with van der Waals surface area (Å²) in [5, 5.41) is 0. The first-order valence-corrected chi connectivity index (χ1v) is 8.92. The van der Waals surface area contributed by atoms with Crippen LogP contribution in [-0.4, -0.2) is 43.4 Å². The lowest BCUT2D eigenvalue weighted by Crippen LogP contribution is -2.22. The summed E-state index contributed by atoms with van der Waals surface area (Å²) in [6.45, 7) is 1.58. The van der Waals surface area contributed by atoms with Crippen molar-refractivity contribution in [2.45, 2.75) is 13.0 Å². The van der Waals surface area contributed by atoms with Gasteiger partial charge in [-0.05, 0) is 24.6 Å². The van der Waals surface area contributed by atoms with Crippen LogP contribution < -0.4 is 0 Å². The van der Waals surface area contributed by atoms with Crippen LogP contribution in [0.2, 0.25) is 0 Å². The van der Waals surface area contributed by atoms with Crippen LogP contribution in [0.4, 0.5) is 4.39 Å². The van der Waals surface area contributed by atoms with Gasteiger partial charge in [-0.15, -0.1) is 0 Å². The topological polar surface area (TPSA) is 87.5 Å². The first kappa shape index (κ1) is 18.1. The second-order valence-electron chi connectivity index (χ2n) is 4.96. The van der Waals surface area contributed by atoms with Crippen LogP contribution in [0, 0.1) is 5.82 Å². The molecule has 130 valence electrons. The molecule has 2 aromatic rings. The molecule has 24 heavy (non-hydrogen) atoms. The first-order chi connectivity index (χ1) is 11.3. The second kappa shape index (κ2) is 7.54. The lowest BCUT2D eigenvalue weighted by atomic mass is 10.1. The summed E-state index contributed by atoms with van der Waals surface area (Å²) in [7, 11) is -3.69. The van der Waals surface area contributed by atoms with E-state index in [0.717, 1.165) is 6.26 Å². The number of halogens is 1. The molecule has 0 amide bonds. The number of carbonyl (C=O) groups excluding carboxylic acids is 1. The summed E-state index contributed by atoms with van der Waals surface area (Å²) >= 11 is 0. The molecular formula is C15H17FN2O5S. The smallest absolute Gasteiger partial charge is 0.356 e. The number of benzene rings is 1. The van der Waals surface area contributed by atoms with E-state index in [0.29, 0.717) is 5.56 Å². The van der Waals surface area contributed by atoms with Gasteiger partial charge in [0, 0.05) is 0 Å². The van der Waals surface area contributed by atoms with Crippen LogP contribution in [-0.2, 0) is 19.0 Å². The van der Waals surface area contributed by atoms with Crippen molar-refractivity contribution in [3.8, 4) is 0 Å². The molecule has 1 aromatic heterocycles. The molecule has 0 fully saturated rings. The van der Waals surface area contributed by atoms with Crippen molar-refractivity contribution in [1.29, 1.82) is 0 Å². The van der Waals surface area contributed by atoms with Crippen molar-refractivity contribution in [3.63, 3.8) is 0 Å². The van der Waals surface area contributed by atoms with E-state index in [-0.39, 0.29) is 18.9 Å². The number of esters is 1. The van der Waals surface area contributed by atoms with Gasteiger partial charge < -0.3 is 9.30 Å². The fourth-order valence-corrected chi connectivity index (χ4v) is 2.50. The predicted octanol–water partition coefficient (Wildman–Crippen LogP) is 1.76. The van der Waals surface area contributed by atoms with Crippen molar-refractivity contribution in [2.75, 3.05) is 19.5 Å². The van der Waals surface area contributed by atoms with Crippen molar-refractivity contribution >= 4 is 16.1 Å². The van der Waals surface area contributed by atoms with Crippen LogP contribution in [0.5, 0.6) is 0 Å². The number of carbonyl (C=O) groups is 1. The Kier molecular flexibility index (Phi) is 5.68. The van der Waals surface area contributed by atoms with Crippen LogP contribution in [0.1, 0.15) is 29.0 Å². The Morgan fingerprint density at radius 2 is 2.00 bits per heavy atom. The molecule has 7 nitrogen and oxygen atoms in total. The Labute approximate surface area is 139 Å². The average molecular weight is 356 g/mol. The van der Waals surface area contributed by atoms with Gasteiger partial charge in [-0.25, -0.2) is 14.2 Å². The highest BCUT2D eigenvalue weighted by Gasteiger charge is 2.23. The molecule has 0 aliphatic heterocycles. The van der Waals surface area contributed by atoms with E-state index < -0.39 is 27.9 Å². The third-order valence-corrected chi connectivity index (χ3v) is 3.75. The third kappa shape index (κ3) is 4.62. The Hall–Kier alpha value is -2.26. The maximum atomic E-state index is 13.2. The Morgan fingerprint density at radius 1 is 1.33 bits per heavy atom. The molecule has 1 unspecified atom stereocenters. The van der Waals surface area contributed by atoms with Gasteiger partial charge >= 0.3 is 5.97 Å². The third-order valence-electron chi connectivity index (χ3n) is 3.18. The normalized spacial score (nSPS) is 12.8. The van der Waals surface area contributed by atoms with Gasteiger partial charge in [0.15, 0.2) is 0 Å². The molecule has 0 N–H and O–H groups in total. The molecule has 1 atom stereocenters. The number of hydrogen-bond acceptors (Lipinski definition) is 6. The van der Waals surface area contributed by atoms with Crippen molar-refractivity contribution < 1.29 is 26.5 Å². The second-order valence-corrected chi connectivity index (χ2v) is 6.61. The lowest BCUT2D eigenvalue weighted by molar-refractivity contribution is 0.0511. The molecule has 0 aliphatic rings. The molecule has 9 heteroatoms. The summed E-state index contributed by atoms with van der Waals surface area (Å²) < 4.78 is 47.1. The van der Waals surface area contributed by atoms with Crippen molar-refractivity contribution in [1.82, 2.24) is 9.55 Å². The number of hydrogen-bond donors (Lipinski definition) is 0. The quantitative estimate of drug-likeness (QED) is 0.555. The Balaban J connectivity index is 2.41. The van der Waals surface area contributed by atoms with Gasteiger partial charge in [0.05, 0.1) is 38.0 Å². The van der Waals surface area contributed by atoms with E-state index in [1.807, 2.05) is 0 Å². The number of rotatable bonds is 7. The summed E-state index contributed by atoms with van der Waals surface area (Å²) in [6, 6.07) is 4.76. The predicted molar refractivity (Wildman–Crippen MR) is 83.5 cm³/mol. The molecule has 1 aromatic carbocycles. The van der Waals surface area contributed by atoms with Gasteiger partial charge in [-0.2, -0.15) is 8.42 Å². The molecule has 0 saturated heterocycles. The maximum absolute atomic E-state index is 13.2. The molecule has 0 bridgehead atoms. The van der Waals surface area contributed by atoms with Crippen LogP contribution in [0.25, 0.3) is 0 Å². The van der Waals surface area contributed by atoms with E-state index in [4.69, 9.17) is 8.92 Å². The summed E-state index contributed by atoms with van der Waals surface area (Å²) in [4.78, 5) is 15.9. The summed E-state index contributed by atoms with van der Waals surface area (Å²) in [6.07, 6.45) is 3.61. The van der Waals surface area contributed by atoms with Crippen molar-refractivity contribution in [3.05, 3.63) is 53.9 Å². The highest BCUT2D eigenvalue weighted by atomic mass is 32.2. The highest BCUT2D eigenvalue weighted by molar-refractivity contribution is 7.85. The van der Waals surface area contributed by atoms with E-state index in [9.17, 15) is 17.6 Å². The molecule has 1 heterocycles. The fraction of sp³-hybridized carbons (Fsp3) is 0.333. The number of nitrogens with zero attached hydrogens (tertiary/aromatic N) is 2. The minimum atomic E-state index is -3.69. The first-order valence-electron chi connectivity index (χ1n) is 7.10. The minimum absolute atomic E-state index is 0.142. The zero-order valence-electron chi connectivity index (χ0n) is 13.2. The van der Waals surface area contributed by atoms with Gasteiger partial charge in [-0.1, -0.05) is 12.1 Å². The Morgan fingerprint density at radius 3 is 2.58 bits per heavy atom. The number of ether oxygens (including phenoxy) is 1. The molecule has 0 aliphatic carbocycles. The Bertz CT molecular complexity index is 802. The number of imidazole rings is 1. The highest BCUT2D eigenvalue weighted by Crippen LogP contribution is 2.22. The minimum Gasteiger partial charge on any atom is -0.461 e. The maximum Gasteiger partial charge on any atom is 0.356 e. The average Bonchev–Trinajstić information content (AvgIpc) is 2.98. The summed E-state index contributed by atoms with van der Waals surface area (Å²) in [5.74, 6) is -1.03. The molecule has 2 rings (SSSR count). The van der Waals surface area contributed by atoms with Gasteiger partial charge in [0.2, 0.25) is 0 Å². The van der Waals surface area contributed by atoms with E-state index >= 15 is 0 Å². The van der Waals surface area contributed by atoms with Crippen LogP contribution in [0.3, 0.4) is 0 Å². The summed E-state index contributed by atoms with van der Waals surface area (Å²) in [5.41, 5.74) is 0.701. The SMILES string of the molecule is CCOC(=O)c1cncn1C(COS(C)(=O)=O)c1ccc(F)cc1.